The Morgan fingerprint density at radius 1 is 1.22 bits per heavy atom. The molecule has 1 saturated heterocycles. The highest BCUT2D eigenvalue weighted by atomic mass is 16.5. The van der Waals surface area contributed by atoms with Gasteiger partial charge in [-0.1, -0.05) is 45.9 Å². The molecule has 0 saturated carbocycles. The van der Waals surface area contributed by atoms with E-state index in [4.69, 9.17) is 4.74 Å². The summed E-state index contributed by atoms with van der Waals surface area (Å²) in [6, 6.07) is 8.20. The van der Waals surface area contributed by atoms with Crippen molar-refractivity contribution >= 4 is 0 Å². The average Bonchev–Trinajstić information content (AvgIpc) is 2.51. The number of aliphatic hydroxyl groups is 1. The quantitative estimate of drug-likeness (QED) is 0.827. The molecule has 0 aromatic heterocycles. The van der Waals surface area contributed by atoms with Crippen molar-refractivity contribution in [2.24, 2.45) is 11.8 Å². The van der Waals surface area contributed by atoms with Crippen LogP contribution in [0.2, 0.25) is 0 Å². The maximum absolute atomic E-state index is 10.4. The molecular formula is C20H33NO2. The number of hydrogen-bond donors (Lipinski definition) is 1. The number of ether oxygens (including phenoxy) is 1. The molecule has 23 heavy (non-hydrogen) atoms. The number of hydrogen-bond acceptors (Lipinski definition) is 3. The van der Waals surface area contributed by atoms with Crippen LogP contribution in [0.5, 0.6) is 5.75 Å². The average molecular weight is 319 g/mol. The molecule has 4 unspecified atom stereocenters. The second kappa shape index (κ2) is 8.70. The number of benzene rings is 1. The van der Waals surface area contributed by atoms with Crippen molar-refractivity contribution in [3.63, 3.8) is 0 Å². The lowest BCUT2D eigenvalue weighted by Crippen LogP contribution is -2.44. The molecule has 3 nitrogen and oxygen atoms in total. The van der Waals surface area contributed by atoms with E-state index in [-0.39, 0.29) is 0 Å². The molecule has 1 fully saturated rings. The van der Waals surface area contributed by atoms with Gasteiger partial charge in [-0.3, -0.25) is 0 Å². The SMILES string of the molecule is CCC(C)c1ccccc1OCC(O)CN1CC(C)CC(C)C1. The van der Waals surface area contributed by atoms with Gasteiger partial charge < -0.3 is 14.7 Å². The highest BCUT2D eigenvalue weighted by Crippen LogP contribution is 2.28. The van der Waals surface area contributed by atoms with Gasteiger partial charge in [-0.2, -0.15) is 0 Å². The maximum Gasteiger partial charge on any atom is 0.122 e. The first kappa shape index (κ1) is 18.3. The molecule has 3 heteroatoms. The first-order valence-electron chi connectivity index (χ1n) is 9.11. The summed E-state index contributed by atoms with van der Waals surface area (Å²) in [5.74, 6) is 2.84. The van der Waals surface area contributed by atoms with Crippen LogP contribution in [0, 0.1) is 11.8 Å². The van der Waals surface area contributed by atoms with E-state index in [9.17, 15) is 5.11 Å². The molecule has 1 N–H and O–H groups in total. The van der Waals surface area contributed by atoms with Crippen molar-refractivity contribution in [2.45, 2.75) is 52.6 Å². The summed E-state index contributed by atoms with van der Waals surface area (Å²) in [7, 11) is 0. The molecule has 0 spiro atoms. The van der Waals surface area contributed by atoms with Crippen LogP contribution in [-0.4, -0.2) is 42.4 Å². The van der Waals surface area contributed by atoms with E-state index < -0.39 is 6.10 Å². The maximum atomic E-state index is 10.4. The molecule has 4 atom stereocenters. The zero-order valence-corrected chi connectivity index (χ0v) is 15.2. The molecule has 1 aromatic carbocycles. The van der Waals surface area contributed by atoms with Crippen LogP contribution in [0.25, 0.3) is 0 Å². The summed E-state index contributed by atoms with van der Waals surface area (Å²) >= 11 is 0. The van der Waals surface area contributed by atoms with Crippen molar-refractivity contribution in [1.82, 2.24) is 4.90 Å². The van der Waals surface area contributed by atoms with Gasteiger partial charge in [0, 0.05) is 19.6 Å². The number of para-hydroxylation sites is 1. The van der Waals surface area contributed by atoms with Gasteiger partial charge in [-0.25, -0.2) is 0 Å². The molecular weight excluding hydrogens is 286 g/mol. The molecule has 1 heterocycles. The molecule has 0 bridgehead atoms. The Bertz CT molecular complexity index is 466. The minimum absolute atomic E-state index is 0.368. The first-order valence-corrected chi connectivity index (χ1v) is 9.11. The van der Waals surface area contributed by atoms with Crippen LogP contribution >= 0.6 is 0 Å². The van der Waals surface area contributed by atoms with E-state index in [1.807, 2.05) is 12.1 Å². The molecule has 1 aromatic rings. The van der Waals surface area contributed by atoms with Crippen molar-refractivity contribution < 1.29 is 9.84 Å². The van der Waals surface area contributed by atoms with Gasteiger partial charge >= 0.3 is 0 Å². The van der Waals surface area contributed by atoms with E-state index in [1.165, 1.54) is 12.0 Å². The Morgan fingerprint density at radius 2 is 1.87 bits per heavy atom. The molecule has 1 aliphatic heterocycles. The Morgan fingerprint density at radius 3 is 2.52 bits per heavy atom. The third-order valence-corrected chi connectivity index (χ3v) is 4.91. The standard InChI is InChI=1S/C20H33NO2/c1-5-17(4)19-8-6-7-9-20(19)23-14-18(22)13-21-11-15(2)10-16(3)12-21/h6-9,15-18,22H,5,10-14H2,1-4H3. The molecule has 0 aliphatic carbocycles. The third-order valence-electron chi connectivity index (χ3n) is 4.91. The van der Waals surface area contributed by atoms with Crippen molar-refractivity contribution in [2.75, 3.05) is 26.2 Å². The lowest BCUT2D eigenvalue weighted by atomic mass is 9.92. The van der Waals surface area contributed by atoms with Gasteiger partial charge in [0.2, 0.25) is 0 Å². The summed E-state index contributed by atoms with van der Waals surface area (Å²) in [6.45, 7) is 12.3. The van der Waals surface area contributed by atoms with Gasteiger partial charge in [0.15, 0.2) is 0 Å². The fourth-order valence-corrected chi connectivity index (χ4v) is 3.72. The number of rotatable bonds is 7. The predicted molar refractivity (Wildman–Crippen MR) is 96.0 cm³/mol. The number of likely N-dealkylation sites (tertiary alicyclic amines) is 1. The second-order valence-corrected chi connectivity index (χ2v) is 7.48. The summed E-state index contributed by atoms with van der Waals surface area (Å²) in [5.41, 5.74) is 1.24. The van der Waals surface area contributed by atoms with E-state index in [2.05, 4.69) is 44.7 Å². The van der Waals surface area contributed by atoms with E-state index >= 15 is 0 Å². The Labute approximate surface area is 141 Å². The van der Waals surface area contributed by atoms with Crippen LogP contribution < -0.4 is 4.74 Å². The van der Waals surface area contributed by atoms with Crippen molar-refractivity contribution in [3.05, 3.63) is 29.8 Å². The van der Waals surface area contributed by atoms with Crippen molar-refractivity contribution in [1.29, 1.82) is 0 Å². The zero-order valence-electron chi connectivity index (χ0n) is 15.2. The molecule has 0 amide bonds. The van der Waals surface area contributed by atoms with Gasteiger partial charge in [0.05, 0.1) is 0 Å². The normalized spacial score (nSPS) is 25.1. The fourth-order valence-electron chi connectivity index (χ4n) is 3.72. The molecule has 130 valence electrons. The lowest BCUT2D eigenvalue weighted by molar-refractivity contribution is 0.0426. The highest BCUT2D eigenvalue weighted by Gasteiger charge is 2.23. The smallest absolute Gasteiger partial charge is 0.122 e. The number of β-amino-alcohol motifs (C(OH)–C–C–N with tert-alkyl or cyclic N) is 1. The third kappa shape index (κ3) is 5.50. The van der Waals surface area contributed by atoms with Crippen molar-refractivity contribution in [3.8, 4) is 5.75 Å². The number of nitrogens with zero attached hydrogens (tertiary/aromatic N) is 1. The van der Waals surface area contributed by atoms with Crippen LogP contribution in [-0.2, 0) is 0 Å². The first-order chi connectivity index (χ1) is 11.0. The Kier molecular flexibility index (Phi) is 6.91. The largest absolute Gasteiger partial charge is 0.491 e. The van der Waals surface area contributed by atoms with Crippen LogP contribution in [0.15, 0.2) is 24.3 Å². The number of piperidine rings is 1. The predicted octanol–water partition coefficient (Wildman–Crippen LogP) is 3.92. The van der Waals surface area contributed by atoms with Crippen LogP contribution in [0.3, 0.4) is 0 Å². The monoisotopic (exact) mass is 319 g/mol. The fraction of sp³-hybridized carbons (Fsp3) is 0.700. The Hall–Kier alpha value is -1.06. The summed E-state index contributed by atoms with van der Waals surface area (Å²) < 4.78 is 5.94. The number of aliphatic hydroxyl groups excluding tert-OH is 1. The van der Waals surface area contributed by atoms with Gasteiger partial charge in [-0.05, 0) is 42.2 Å². The topological polar surface area (TPSA) is 32.7 Å². The zero-order chi connectivity index (χ0) is 16.8. The molecule has 2 rings (SSSR count). The van der Waals surface area contributed by atoms with E-state index in [0.29, 0.717) is 19.1 Å². The van der Waals surface area contributed by atoms with Gasteiger partial charge in [0.1, 0.15) is 18.5 Å². The van der Waals surface area contributed by atoms with Gasteiger partial charge in [0.25, 0.3) is 0 Å². The van der Waals surface area contributed by atoms with Crippen LogP contribution in [0.4, 0.5) is 0 Å². The summed E-state index contributed by atoms with van der Waals surface area (Å²) in [6.07, 6.45) is 1.95. The van der Waals surface area contributed by atoms with Gasteiger partial charge in [-0.15, -0.1) is 0 Å². The summed E-state index contributed by atoms with van der Waals surface area (Å²) in [5, 5.41) is 10.4. The minimum Gasteiger partial charge on any atom is -0.491 e. The Balaban J connectivity index is 1.86. The van der Waals surface area contributed by atoms with E-state index in [0.717, 1.165) is 37.1 Å². The lowest BCUT2D eigenvalue weighted by Gasteiger charge is -2.36. The van der Waals surface area contributed by atoms with Crippen LogP contribution in [0.1, 0.15) is 52.0 Å². The highest BCUT2D eigenvalue weighted by molar-refractivity contribution is 5.35. The summed E-state index contributed by atoms with van der Waals surface area (Å²) in [4.78, 5) is 2.38. The minimum atomic E-state index is -0.433. The second-order valence-electron chi connectivity index (χ2n) is 7.48. The van der Waals surface area contributed by atoms with E-state index in [1.54, 1.807) is 0 Å². The molecule has 0 radical (unpaired) electrons. The molecule has 1 aliphatic rings.